The summed E-state index contributed by atoms with van der Waals surface area (Å²) in [5, 5.41) is 9.68. The van der Waals surface area contributed by atoms with Gasteiger partial charge in [0.05, 0.1) is 30.6 Å². The molecule has 0 saturated carbocycles. The van der Waals surface area contributed by atoms with Crippen molar-refractivity contribution in [3.63, 3.8) is 0 Å². The maximum Gasteiger partial charge on any atom is 0.355 e. The first-order chi connectivity index (χ1) is 8.93. The maximum absolute atomic E-state index is 11.9. The molecule has 1 heterocycles. The van der Waals surface area contributed by atoms with Crippen molar-refractivity contribution in [3.05, 3.63) is 22.5 Å². The second kappa shape index (κ2) is 6.38. The molecule has 0 aliphatic heterocycles. The van der Waals surface area contributed by atoms with Crippen molar-refractivity contribution < 1.29 is 24.2 Å². The van der Waals surface area contributed by atoms with Crippen LogP contribution in [0.25, 0.3) is 0 Å². The number of nitrogens with one attached hydrogen (secondary N) is 1. The number of aliphatic hydroxyl groups is 1. The van der Waals surface area contributed by atoms with E-state index < -0.39 is 18.0 Å². The standard InChI is InChI=1S/C13H19NO5/c1-5-18-12(16)9-7(3)10(13(17)19-6-2)14-11(9)8(4)15/h8,14-15H,5-6H2,1-4H3. The first-order valence-electron chi connectivity index (χ1n) is 6.18. The van der Waals surface area contributed by atoms with Gasteiger partial charge in [0.2, 0.25) is 0 Å². The lowest BCUT2D eigenvalue weighted by Crippen LogP contribution is -2.10. The summed E-state index contributed by atoms with van der Waals surface area (Å²) < 4.78 is 9.82. The number of aromatic amines is 1. The summed E-state index contributed by atoms with van der Waals surface area (Å²) in [5.41, 5.74) is 1.05. The molecule has 0 fully saturated rings. The highest BCUT2D eigenvalue weighted by molar-refractivity contribution is 5.98. The van der Waals surface area contributed by atoms with Gasteiger partial charge < -0.3 is 19.6 Å². The quantitative estimate of drug-likeness (QED) is 0.795. The summed E-state index contributed by atoms with van der Waals surface area (Å²) in [5.74, 6) is -1.12. The van der Waals surface area contributed by atoms with Crippen molar-refractivity contribution in [2.45, 2.75) is 33.8 Å². The van der Waals surface area contributed by atoms with Crippen LogP contribution >= 0.6 is 0 Å². The van der Waals surface area contributed by atoms with Crippen molar-refractivity contribution in [3.8, 4) is 0 Å². The molecule has 2 N–H and O–H groups in total. The van der Waals surface area contributed by atoms with E-state index in [1.165, 1.54) is 6.92 Å². The molecule has 0 amide bonds. The molecular formula is C13H19NO5. The highest BCUT2D eigenvalue weighted by atomic mass is 16.5. The third-order valence-electron chi connectivity index (χ3n) is 2.66. The van der Waals surface area contributed by atoms with Crippen molar-refractivity contribution >= 4 is 11.9 Å². The van der Waals surface area contributed by atoms with E-state index in [0.29, 0.717) is 5.56 Å². The van der Waals surface area contributed by atoms with Crippen molar-refractivity contribution in [2.24, 2.45) is 0 Å². The smallest absolute Gasteiger partial charge is 0.355 e. The van der Waals surface area contributed by atoms with Gasteiger partial charge in [-0.05, 0) is 33.3 Å². The van der Waals surface area contributed by atoms with Gasteiger partial charge >= 0.3 is 11.9 Å². The van der Waals surface area contributed by atoms with Gasteiger partial charge in [0, 0.05) is 0 Å². The van der Waals surface area contributed by atoms with Gasteiger partial charge in [-0.15, -0.1) is 0 Å². The Morgan fingerprint density at radius 3 is 2.21 bits per heavy atom. The Bertz CT molecular complexity index is 476. The number of aliphatic hydroxyl groups excluding tert-OH is 1. The predicted molar refractivity (Wildman–Crippen MR) is 68.1 cm³/mol. The van der Waals surface area contributed by atoms with Crippen LogP contribution in [0.3, 0.4) is 0 Å². The molecule has 106 valence electrons. The Labute approximate surface area is 111 Å². The zero-order valence-electron chi connectivity index (χ0n) is 11.6. The van der Waals surface area contributed by atoms with Gasteiger partial charge in [0.25, 0.3) is 0 Å². The largest absolute Gasteiger partial charge is 0.462 e. The summed E-state index contributed by atoms with van der Waals surface area (Å²) in [6.45, 7) is 6.95. The number of ether oxygens (including phenoxy) is 2. The highest BCUT2D eigenvalue weighted by Crippen LogP contribution is 2.25. The first kappa shape index (κ1) is 15.2. The normalized spacial score (nSPS) is 12.1. The zero-order valence-corrected chi connectivity index (χ0v) is 11.6. The van der Waals surface area contributed by atoms with Crippen molar-refractivity contribution in [1.29, 1.82) is 0 Å². The number of carbonyl (C=O) groups is 2. The molecule has 1 unspecified atom stereocenters. The second-order valence-corrected chi connectivity index (χ2v) is 4.03. The molecule has 0 radical (unpaired) electrons. The highest BCUT2D eigenvalue weighted by Gasteiger charge is 2.27. The Morgan fingerprint density at radius 1 is 1.21 bits per heavy atom. The van der Waals surface area contributed by atoms with Crippen molar-refractivity contribution in [1.82, 2.24) is 4.98 Å². The number of aromatic nitrogens is 1. The van der Waals surface area contributed by atoms with E-state index in [1.54, 1.807) is 20.8 Å². The van der Waals surface area contributed by atoms with Crippen LogP contribution in [-0.4, -0.2) is 35.2 Å². The van der Waals surface area contributed by atoms with E-state index >= 15 is 0 Å². The van der Waals surface area contributed by atoms with Crippen LogP contribution in [0.15, 0.2) is 0 Å². The summed E-state index contributed by atoms with van der Waals surface area (Å²) in [6, 6.07) is 0. The Morgan fingerprint density at radius 2 is 1.74 bits per heavy atom. The topological polar surface area (TPSA) is 88.6 Å². The third kappa shape index (κ3) is 3.14. The zero-order chi connectivity index (χ0) is 14.6. The van der Waals surface area contributed by atoms with Crippen LogP contribution in [-0.2, 0) is 9.47 Å². The van der Waals surface area contributed by atoms with Gasteiger partial charge in [0.15, 0.2) is 0 Å². The molecule has 0 aliphatic rings. The average Bonchev–Trinajstić information content (AvgIpc) is 2.67. The summed E-state index contributed by atoms with van der Waals surface area (Å²) in [4.78, 5) is 26.4. The fraction of sp³-hybridized carbons (Fsp3) is 0.538. The van der Waals surface area contributed by atoms with E-state index in [-0.39, 0.29) is 30.2 Å². The molecule has 6 heteroatoms. The minimum atomic E-state index is -0.915. The number of hydrogen-bond donors (Lipinski definition) is 2. The summed E-state index contributed by atoms with van der Waals surface area (Å²) >= 11 is 0. The van der Waals surface area contributed by atoms with E-state index in [9.17, 15) is 14.7 Å². The van der Waals surface area contributed by atoms with Gasteiger partial charge in [-0.1, -0.05) is 0 Å². The monoisotopic (exact) mass is 269 g/mol. The maximum atomic E-state index is 11.9. The lowest BCUT2D eigenvalue weighted by Gasteiger charge is -2.06. The lowest BCUT2D eigenvalue weighted by molar-refractivity contribution is 0.0514. The van der Waals surface area contributed by atoms with Gasteiger partial charge in [-0.25, -0.2) is 9.59 Å². The van der Waals surface area contributed by atoms with E-state index in [2.05, 4.69) is 4.98 Å². The summed E-state index contributed by atoms with van der Waals surface area (Å²) in [7, 11) is 0. The second-order valence-electron chi connectivity index (χ2n) is 4.03. The molecule has 1 atom stereocenters. The fourth-order valence-electron chi connectivity index (χ4n) is 1.80. The van der Waals surface area contributed by atoms with Crippen LogP contribution in [0.5, 0.6) is 0 Å². The van der Waals surface area contributed by atoms with Crippen LogP contribution < -0.4 is 0 Å². The third-order valence-corrected chi connectivity index (χ3v) is 2.66. The average molecular weight is 269 g/mol. The minimum Gasteiger partial charge on any atom is -0.462 e. The molecule has 1 aromatic heterocycles. The number of hydrogen-bond acceptors (Lipinski definition) is 5. The molecule has 6 nitrogen and oxygen atoms in total. The number of carbonyl (C=O) groups excluding carboxylic acids is 2. The Hall–Kier alpha value is -1.82. The Kier molecular flexibility index (Phi) is 5.11. The van der Waals surface area contributed by atoms with Gasteiger partial charge in [-0.2, -0.15) is 0 Å². The molecule has 0 aromatic carbocycles. The molecule has 0 bridgehead atoms. The first-order valence-corrected chi connectivity index (χ1v) is 6.18. The van der Waals surface area contributed by atoms with E-state index in [4.69, 9.17) is 9.47 Å². The number of esters is 2. The van der Waals surface area contributed by atoms with Gasteiger partial charge in [0.1, 0.15) is 5.69 Å². The lowest BCUT2D eigenvalue weighted by atomic mass is 10.1. The molecule has 0 saturated heterocycles. The predicted octanol–water partition coefficient (Wildman–Crippen LogP) is 1.73. The van der Waals surface area contributed by atoms with E-state index in [0.717, 1.165) is 0 Å². The number of rotatable bonds is 5. The minimum absolute atomic E-state index is 0.167. The molecule has 1 aromatic rings. The summed E-state index contributed by atoms with van der Waals surface area (Å²) in [6.07, 6.45) is -0.915. The van der Waals surface area contributed by atoms with E-state index in [1.807, 2.05) is 0 Å². The SMILES string of the molecule is CCOC(=O)c1[nH]c(C(C)O)c(C(=O)OCC)c1C. The molecule has 0 spiro atoms. The van der Waals surface area contributed by atoms with Crippen LogP contribution in [0.1, 0.15) is 59.0 Å². The van der Waals surface area contributed by atoms with Crippen LogP contribution in [0, 0.1) is 6.92 Å². The van der Waals surface area contributed by atoms with Crippen molar-refractivity contribution in [2.75, 3.05) is 13.2 Å². The fourth-order valence-corrected chi connectivity index (χ4v) is 1.80. The molecule has 19 heavy (non-hydrogen) atoms. The van der Waals surface area contributed by atoms with Gasteiger partial charge in [-0.3, -0.25) is 0 Å². The Balaban J connectivity index is 3.28. The molecule has 1 rings (SSSR count). The molecular weight excluding hydrogens is 250 g/mol. The van der Waals surface area contributed by atoms with Crippen LogP contribution in [0.4, 0.5) is 0 Å². The van der Waals surface area contributed by atoms with Crippen LogP contribution in [0.2, 0.25) is 0 Å². The molecule has 0 aliphatic carbocycles. The number of H-pyrrole nitrogens is 1.